The predicted octanol–water partition coefficient (Wildman–Crippen LogP) is 1.26. The van der Waals surface area contributed by atoms with Crippen molar-refractivity contribution in [1.29, 1.82) is 0 Å². The molecule has 1 aliphatic heterocycles. The third kappa shape index (κ3) is 4.37. The van der Waals surface area contributed by atoms with Crippen molar-refractivity contribution < 1.29 is 22.8 Å². The minimum absolute atomic E-state index is 0.0391. The van der Waals surface area contributed by atoms with Crippen LogP contribution in [0, 0.1) is 0 Å². The number of alkyl halides is 3. The zero-order chi connectivity index (χ0) is 15.5. The van der Waals surface area contributed by atoms with Gasteiger partial charge in [0, 0.05) is 6.54 Å². The average molecular weight is 301 g/mol. The van der Waals surface area contributed by atoms with Crippen LogP contribution in [0.5, 0.6) is 0 Å². The van der Waals surface area contributed by atoms with Crippen LogP contribution in [0.1, 0.15) is 5.56 Å². The molecule has 1 unspecified atom stereocenters. The maximum Gasteiger partial charge on any atom is 0.405 e. The molecule has 21 heavy (non-hydrogen) atoms. The molecule has 0 saturated carbocycles. The summed E-state index contributed by atoms with van der Waals surface area (Å²) in [6.45, 7) is -1.07. The van der Waals surface area contributed by atoms with E-state index >= 15 is 0 Å². The highest BCUT2D eigenvalue weighted by molar-refractivity contribution is 5.90. The number of benzene rings is 1. The van der Waals surface area contributed by atoms with Gasteiger partial charge in [0.1, 0.15) is 12.6 Å². The molecule has 1 heterocycles. The summed E-state index contributed by atoms with van der Waals surface area (Å²) in [5, 5.41) is 4.13. The van der Waals surface area contributed by atoms with Gasteiger partial charge in [-0.2, -0.15) is 13.2 Å². The molecule has 8 heteroatoms. The molecule has 1 fully saturated rings. The molecule has 1 aromatic carbocycles. The first-order valence-corrected chi connectivity index (χ1v) is 6.29. The third-order valence-electron chi connectivity index (χ3n) is 2.98. The number of amides is 3. The molecule has 3 amide bonds. The van der Waals surface area contributed by atoms with Gasteiger partial charge in [-0.3, -0.25) is 4.79 Å². The topological polar surface area (TPSA) is 61.4 Å². The van der Waals surface area contributed by atoms with Gasteiger partial charge in [0.25, 0.3) is 0 Å². The SMILES string of the molecule is O=C(NCC(F)(F)F)C1CN(Cc2ccccc2)C(=O)N1. The standard InChI is InChI=1S/C13H14F3N3O2/c14-13(15,16)8-17-11(20)10-7-19(12(21)18-10)6-9-4-2-1-3-5-9/h1-5,10H,6-8H2,(H,17,20)(H,18,21). The lowest BCUT2D eigenvalue weighted by atomic mass is 10.2. The Hall–Kier alpha value is -2.25. The maximum atomic E-state index is 12.0. The Bertz CT molecular complexity index is 519. The number of hydrogen-bond donors (Lipinski definition) is 2. The van der Waals surface area contributed by atoms with Crippen LogP contribution < -0.4 is 10.6 Å². The average Bonchev–Trinajstić information content (AvgIpc) is 2.78. The molecule has 2 rings (SSSR count). The zero-order valence-corrected chi connectivity index (χ0v) is 11.0. The van der Waals surface area contributed by atoms with Crippen LogP contribution in [0.3, 0.4) is 0 Å². The fourth-order valence-electron chi connectivity index (χ4n) is 1.99. The lowest BCUT2D eigenvalue weighted by Gasteiger charge is -2.15. The van der Waals surface area contributed by atoms with Gasteiger partial charge in [-0.15, -0.1) is 0 Å². The van der Waals surface area contributed by atoms with E-state index in [0.29, 0.717) is 6.54 Å². The Kier molecular flexibility index (Phi) is 4.35. The van der Waals surface area contributed by atoms with Gasteiger partial charge >= 0.3 is 12.2 Å². The van der Waals surface area contributed by atoms with Crippen LogP contribution >= 0.6 is 0 Å². The smallest absolute Gasteiger partial charge is 0.345 e. The predicted molar refractivity (Wildman–Crippen MR) is 68.2 cm³/mol. The number of nitrogens with one attached hydrogen (secondary N) is 2. The fraction of sp³-hybridized carbons (Fsp3) is 0.385. The van der Waals surface area contributed by atoms with E-state index in [2.05, 4.69) is 5.32 Å². The first-order valence-electron chi connectivity index (χ1n) is 6.29. The van der Waals surface area contributed by atoms with Crippen molar-refractivity contribution >= 4 is 11.9 Å². The molecule has 0 aliphatic carbocycles. The van der Waals surface area contributed by atoms with Gasteiger partial charge in [0.15, 0.2) is 0 Å². The number of rotatable bonds is 4. The lowest BCUT2D eigenvalue weighted by molar-refractivity contribution is -0.139. The highest BCUT2D eigenvalue weighted by atomic mass is 19.4. The minimum Gasteiger partial charge on any atom is -0.345 e. The summed E-state index contributed by atoms with van der Waals surface area (Å²) in [5.41, 5.74) is 0.879. The Labute approximate surface area is 119 Å². The van der Waals surface area contributed by atoms with Crippen LogP contribution in [-0.4, -0.2) is 42.1 Å². The van der Waals surface area contributed by atoms with Gasteiger partial charge < -0.3 is 15.5 Å². The fourth-order valence-corrected chi connectivity index (χ4v) is 1.99. The minimum atomic E-state index is -4.47. The van der Waals surface area contributed by atoms with E-state index in [1.54, 1.807) is 5.32 Å². The van der Waals surface area contributed by atoms with Gasteiger partial charge in [-0.25, -0.2) is 4.79 Å². The van der Waals surface area contributed by atoms with E-state index in [1.165, 1.54) is 4.90 Å². The summed E-state index contributed by atoms with van der Waals surface area (Å²) in [7, 11) is 0. The van der Waals surface area contributed by atoms with E-state index in [4.69, 9.17) is 0 Å². The number of carbonyl (C=O) groups excluding carboxylic acids is 2. The Morgan fingerprint density at radius 1 is 1.33 bits per heavy atom. The second-order valence-electron chi connectivity index (χ2n) is 4.70. The Balaban J connectivity index is 1.89. The molecular formula is C13H14F3N3O2. The third-order valence-corrected chi connectivity index (χ3v) is 2.98. The molecule has 1 aliphatic rings. The van der Waals surface area contributed by atoms with Crippen LogP contribution in [0.2, 0.25) is 0 Å². The molecule has 1 atom stereocenters. The van der Waals surface area contributed by atoms with Crippen LogP contribution in [-0.2, 0) is 11.3 Å². The molecule has 0 aromatic heterocycles. The summed E-state index contributed by atoms with van der Waals surface area (Å²) in [5.74, 6) is -0.837. The van der Waals surface area contributed by atoms with E-state index in [0.717, 1.165) is 5.56 Å². The van der Waals surface area contributed by atoms with Gasteiger partial charge in [-0.05, 0) is 5.56 Å². The van der Waals surface area contributed by atoms with Gasteiger partial charge in [0.05, 0.1) is 6.54 Å². The molecule has 0 spiro atoms. The quantitative estimate of drug-likeness (QED) is 0.879. The second kappa shape index (κ2) is 6.02. The highest BCUT2D eigenvalue weighted by Crippen LogP contribution is 2.13. The number of hydrogen-bond acceptors (Lipinski definition) is 2. The van der Waals surface area contributed by atoms with E-state index in [9.17, 15) is 22.8 Å². The monoisotopic (exact) mass is 301 g/mol. The van der Waals surface area contributed by atoms with Crippen molar-refractivity contribution in [2.24, 2.45) is 0 Å². The Morgan fingerprint density at radius 2 is 2.00 bits per heavy atom. The van der Waals surface area contributed by atoms with Crippen molar-refractivity contribution in [2.45, 2.75) is 18.8 Å². The normalized spacial score (nSPS) is 18.5. The molecule has 1 saturated heterocycles. The summed E-state index contributed by atoms with van der Waals surface area (Å²) in [6.07, 6.45) is -4.47. The molecule has 5 nitrogen and oxygen atoms in total. The van der Waals surface area contributed by atoms with E-state index in [-0.39, 0.29) is 6.54 Å². The van der Waals surface area contributed by atoms with Crippen molar-refractivity contribution in [1.82, 2.24) is 15.5 Å². The highest BCUT2D eigenvalue weighted by Gasteiger charge is 2.35. The van der Waals surface area contributed by atoms with E-state index < -0.39 is 30.7 Å². The summed E-state index contributed by atoms with van der Waals surface area (Å²) in [6, 6.07) is 7.68. The number of nitrogens with zero attached hydrogens (tertiary/aromatic N) is 1. The number of urea groups is 1. The molecular weight excluding hydrogens is 287 g/mol. The molecule has 114 valence electrons. The molecule has 2 N–H and O–H groups in total. The van der Waals surface area contributed by atoms with Crippen LogP contribution in [0.4, 0.5) is 18.0 Å². The molecule has 0 bridgehead atoms. The van der Waals surface area contributed by atoms with Crippen LogP contribution in [0.25, 0.3) is 0 Å². The van der Waals surface area contributed by atoms with E-state index in [1.807, 2.05) is 30.3 Å². The molecule has 0 radical (unpaired) electrons. The first-order chi connectivity index (χ1) is 9.85. The maximum absolute atomic E-state index is 12.0. The van der Waals surface area contributed by atoms with Crippen molar-refractivity contribution in [3.8, 4) is 0 Å². The Morgan fingerprint density at radius 3 is 2.62 bits per heavy atom. The van der Waals surface area contributed by atoms with Crippen LogP contribution in [0.15, 0.2) is 30.3 Å². The summed E-state index contributed by atoms with van der Waals surface area (Å²) in [4.78, 5) is 24.7. The van der Waals surface area contributed by atoms with Crippen molar-refractivity contribution in [3.05, 3.63) is 35.9 Å². The number of halogens is 3. The summed E-state index contributed by atoms with van der Waals surface area (Å²) < 4.78 is 36.1. The lowest BCUT2D eigenvalue weighted by Crippen LogP contribution is -2.45. The first kappa shape index (κ1) is 15.1. The molecule has 1 aromatic rings. The van der Waals surface area contributed by atoms with Crippen molar-refractivity contribution in [3.63, 3.8) is 0 Å². The number of carbonyl (C=O) groups is 2. The summed E-state index contributed by atoms with van der Waals surface area (Å²) >= 11 is 0. The second-order valence-corrected chi connectivity index (χ2v) is 4.70. The van der Waals surface area contributed by atoms with Gasteiger partial charge in [-0.1, -0.05) is 30.3 Å². The van der Waals surface area contributed by atoms with Crippen molar-refractivity contribution in [2.75, 3.05) is 13.1 Å². The van der Waals surface area contributed by atoms with Gasteiger partial charge in [0.2, 0.25) is 5.91 Å². The largest absolute Gasteiger partial charge is 0.405 e. The zero-order valence-electron chi connectivity index (χ0n) is 11.0.